The van der Waals surface area contributed by atoms with Crippen LogP contribution in [0.25, 0.3) is 0 Å². The number of rotatable bonds is 3. The summed E-state index contributed by atoms with van der Waals surface area (Å²) in [6, 6.07) is 4.85. The Hall–Kier alpha value is -0.930. The summed E-state index contributed by atoms with van der Waals surface area (Å²) in [6.07, 6.45) is 0. The molecule has 1 aromatic carbocycles. The van der Waals surface area contributed by atoms with Crippen LogP contribution >= 0.6 is 23.2 Å². The van der Waals surface area contributed by atoms with Gasteiger partial charge in [0.15, 0.2) is 0 Å². The molecular formula is C11H14Cl2N2O. The maximum Gasteiger partial charge on any atom is 0.315 e. The maximum atomic E-state index is 11.3. The van der Waals surface area contributed by atoms with Gasteiger partial charge in [-0.25, -0.2) is 4.79 Å². The molecule has 1 atom stereocenters. The van der Waals surface area contributed by atoms with Crippen LogP contribution in [0.4, 0.5) is 4.79 Å². The Kier molecular flexibility index (Phi) is 4.90. The third-order valence-corrected chi connectivity index (χ3v) is 2.68. The van der Waals surface area contributed by atoms with Crippen molar-refractivity contribution in [2.75, 3.05) is 6.54 Å². The first kappa shape index (κ1) is 13.1. The molecule has 0 aliphatic heterocycles. The van der Waals surface area contributed by atoms with Crippen molar-refractivity contribution >= 4 is 29.2 Å². The molecule has 1 aromatic rings. The summed E-state index contributed by atoms with van der Waals surface area (Å²) >= 11 is 11.8. The SMILES string of the molecule is CCNC(=O)N[C@@H](C)c1ccc(Cl)cc1Cl. The number of halogens is 2. The highest BCUT2D eigenvalue weighted by atomic mass is 35.5. The lowest BCUT2D eigenvalue weighted by Crippen LogP contribution is -2.36. The van der Waals surface area contributed by atoms with Gasteiger partial charge in [0.05, 0.1) is 6.04 Å². The predicted octanol–water partition coefficient (Wildman–Crippen LogP) is 3.37. The van der Waals surface area contributed by atoms with Gasteiger partial charge in [0, 0.05) is 16.6 Å². The van der Waals surface area contributed by atoms with Crippen molar-refractivity contribution in [1.82, 2.24) is 10.6 Å². The molecule has 0 aromatic heterocycles. The normalized spacial score (nSPS) is 12.0. The topological polar surface area (TPSA) is 41.1 Å². The number of carbonyl (C=O) groups is 1. The quantitative estimate of drug-likeness (QED) is 0.860. The van der Waals surface area contributed by atoms with Crippen LogP contribution in [0.5, 0.6) is 0 Å². The second-order valence-electron chi connectivity index (χ2n) is 3.39. The molecule has 1 rings (SSSR count). The van der Waals surface area contributed by atoms with E-state index in [1.54, 1.807) is 12.1 Å². The van der Waals surface area contributed by atoms with Gasteiger partial charge in [0.1, 0.15) is 0 Å². The van der Waals surface area contributed by atoms with Gasteiger partial charge in [-0.2, -0.15) is 0 Å². The van der Waals surface area contributed by atoms with Crippen LogP contribution in [-0.4, -0.2) is 12.6 Å². The van der Waals surface area contributed by atoms with Crippen molar-refractivity contribution in [3.05, 3.63) is 33.8 Å². The average molecular weight is 261 g/mol. The molecule has 0 bridgehead atoms. The minimum absolute atomic E-state index is 0.156. The minimum Gasteiger partial charge on any atom is -0.338 e. The second kappa shape index (κ2) is 5.97. The van der Waals surface area contributed by atoms with E-state index in [9.17, 15) is 4.79 Å². The van der Waals surface area contributed by atoms with Crippen LogP contribution in [-0.2, 0) is 0 Å². The first-order valence-electron chi connectivity index (χ1n) is 5.04. The Balaban J connectivity index is 2.72. The number of carbonyl (C=O) groups excluding carboxylic acids is 1. The fourth-order valence-electron chi connectivity index (χ4n) is 1.34. The summed E-state index contributed by atoms with van der Waals surface area (Å²) in [4.78, 5) is 11.3. The lowest BCUT2D eigenvalue weighted by Gasteiger charge is -2.16. The Morgan fingerprint density at radius 3 is 2.69 bits per heavy atom. The first-order valence-corrected chi connectivity index (χ1v) is 5.79. The molecule has 0 aliphatic carbocycles. The number of benzene rings is 1. The van der Waals surface area contributed by atoms with Crippen molar-refractivity contribution < 1.29 is 4.79 Å². The fraction of sp³-hybridized carbons (Fsp3) is 0.364. The molecule has 0 radical (unpaired) electrons. The van der Waals surface area contributed by atoms with E-state index in [1.807, 2.05) is 19.9 Å². The van der Waals surface area contributed by atoms with E-state index in [1.165, 1.54) is 0 Å². The summed E-state index contributed by atoms with van der Waals surface area (Å²) in [5.41, 5.74) is 0.845. The third-order valence-electron chi connectivity index (χ3n) is 2.11. The van der Waals surface area contributed by atoms with Crippen molar-refractivity contribution in [1.29, 1.82) is 0 Å². The van der Waals surface area contributed by atoms with Crippen LogP contribution in [0, 0.1) is 0 Å². The average Bonchev–Trinajstić information content (AvgIpc) is 2.17. The molecule has 2 N–H and O–H groups in total. The van der Waals surface area contributed by atoms with Crippen molar-refractivity contribution in [2.45, 2.75) is 19.9 Å². The fourth-order valence-corrected chi connectivity index (χ4v) is 1.91. The van der Waals surface area contributed by atoms with Gasteiger partial charge in [-0.15, -0.1) is 0 Å². The van der Waals surface area contributed by atoms with E-state index in [-0.39, 0.29) is 12.1 Å². The molecule has 0 unspecified atom stereocenters. The number of urea groups is 1. The molecule has 0 saturated heterocycles. The summed E-state index contributed by atoms with van der Waals surface area (Å²) in [6.45, 7) is 4.32. The predicted molar refractivity (Wildman–Crippen MR) is 67.1 cm³/mol. The Morgan fingerprint density at radius 2 is 2.12 bits per heavy atom. The molecule has 16 heavy (non-hydrogen) atoms. The van der Waals surface area contributed by atoms with Gasteiger partial charge in [-0.05, 0) is 31.5 Å². The Morgan fingerprint density at radius 1 is 1.44 bits per heavy atom. The standard InChI is InChI=1S/C11H14Cl2N2O/c1-3-14-11(16)15-7(2)9-5-4-8(12)6-10(9)13/h4-7H,3H2,1-2H3,(H2,14,15,16)/t7-/m0/s1. The van der Waals surface area contributed by atoms with Gasteiger partial charge in [-0.3, -0.25) is 0 Å². The monoisotopic (exact) mass is 260 g/mol. The van der Waals surface area contributed by atoms with E-state index in [2.05, 4.69) is 10.6 Å². The zero-order valence-corrected chi connectivity index (χ0v) is 10.7. The van der Waals surface area contributed by atoms with Crippen molar-refractivity contribution in [3.63, 3.8) is 0 Å². The highest BCUT2D eigenvalue weighted by Gasteiger charge is 2.12. The maximum absolute atomic E-state index is 11.3. The summed E-state index contributed by atoms with van der Waals surface area (Å²) in [7, 11) is 0. The number of amides is 2. The van der Waals surface area contributed by atoms with Crippen LogP contribution in [0.3, 0.4) is 0 Å². The summed E-state index contributed by atoms with van der Waals surface area (Å²) < 4.78 is 0. The van der Waals surface area contributed by atoms with Crippen LogP contribution in [0.2, 0.25) is 10.0 Å². The molecule has 0 spiro atoms. The third kappa shape index (κ3) is 3.58. The molecule has 5 heteroatoms. The molecule has 88 valence electrons. The van der Waals surface area contributed by atoms with Gasteiger partial charge in [0.25, 0.3) is 0 Å². The second-order valence-corrected chi connectivity index (χ2v) is 4.23. The van der Waals surface area contributed by atoms with Crippen molar-refractivity contribution in [3.8, 4) is 0 Å². The van der Waals surface area contributed by atoms with E-state index >= 15 is 0 Å². The van der Waals surface area contributed by atoms with E-state index in [0.29, 0.717) is 16.6 Å². The largest absolute Gasteiger partial charge is 0.338 e. The molecule has 0 saturated carbocycles. The van der Waals surface area contributed by atoms with E-state index in [4.69, 9.17) is 23.2 Å². The van der Waals surface area contributed by atoms with Gasteiger partial charge < -0.3 is 10.6 Å². The summed E-state index contributed by atoms with van der Waals surface area (Å²) in [5, 5.41) is 6.57. The van der Waals surface area contributed by atoms with Crippen molar-refractivity contribution in [2.24, 2.45) is 0 Å². The smallest absolute Gasteiger partial charge is 0.315 e. The van der Waals surface area contributed by atoms with Gasteiger partial charge in [0.2, 0.25) is 0 Å². The number of hydrogen-bond acceptors (Lipinski definition) is 1. The zero-order valence-electron chi connectivity index (χ0n) is 9.18. The van der Waals surface area contributed by atoms with Crippen LogP contribution in [0.15, 0.2) is 18.2 Å². The van der Waals surface area contributed by atoms with Crippen LogP contribution in [0.1, 0.15) is 25.5 Å². The number of hydrogen-bond donors (Lipinski definition) is 2. The molecular weight excluding hydrogens is 247 g/mol. The molecule has 0 fully saturated rings. The Bertz CT molecular complexity index is 382. The first-order chi connectivity index (χ1) is 7.54. The zero-order chi connectivity index (χ0) is 12.1. The van der Waals surface area contributed by atoms with E-state index in [0.717, 1.165) is 5.56 Å². The number of nitrogens with one attached hydrogen (secondary N) is 2. The van der Waals surface area contributed by atoms with Gasteiger partial charge >= 0.3 is 6.03 Å². The van der Waals surface area contributed by atoms with Crippen LogP contribution < -0.4 is 10.6 Å². The molecule has 3 nitrogen and oxygen atoms in total. The highest BCUT2D eigenvalue weighted by molar-refractivity contribution is 6.35. The van der Waals surface area contributed by atoms with E-state index < -0.39 is 0 Å². The molecule has 2 amide bonds. The minimum atomic E-state index is -0.207. The molecule has 0 aliphatic rings. The lowest BCUT2D eigenvalue weighted by molar-refractivity contribution is 0.238. The highest BCUT2D eigenvalue weighted by Crippen LogP contribution is 2.25. The van der Waals surface area contributed by atoms with Gasteiger partial charge in [-0.1, -0.05) is 29.3 Å². The Labute approximate surface area is 105 Å². The lowest BCUT2D eigenvalue weighted by atomic mass is 10.1. The summed E-state index contributed by atoms with van der Waals surface area (Å²) in [5.74, 6) is 0. The molecule has 0 heterocycles.